The molecule has 0 spiro atoms. The fourth-order valence-corrected chi connectivity index (χ4v) is 3.72. The highest BCUT2D eigenvalue weighted by molar-refractivity contribution is 7.99. The van der Waals surface area contributed by atoms with Crippen molar-refractivity contribution in [3.05, 3.63) is 22.7 Å². The number of ether oxygens (including phenoxy) is 1. The Hall–Kier alpha value is -1.33. The van der Waals surface area contributed by atoms with Gasteiger partial charge in [-0.25, -0.2) is 0 Å². The predicted octanol–water partition coefficient (Wildman–Crippen LogP) is 3.58. The predicted molar refractivity (Wildman–Crippen MR) is 86.1 cm³/mol. The maximum atomic E-state index is 12.6. The number of carbonyl (C=O) groups is 3. The standard InChI is InChI=1S/C16H17ClO4S/c1-3-22-12-8-7-9(14(17)16(12)21-2)15(20)13-10(18)5-4-6-11(13)19/h7-8,13H,3-6H2,1-2H3. The average Bonchev–Trinajstić information content (AvgIpc) is 2.47. The highest BCUT2D eigenvalue weighted by Gasteiger charge is 2.37. The molecule has 0 atom stereocenters. The first-order chi connectivity index (χ1) is 10.5. The average molecular weight is 341 g/mol. The highest BCUT2D eigenvalue weighted by atomic mass is 35.5. The highest BCUT2D eigenvalue weighted by Crippen LogP contribution is 2.39. The van der Waals surface area contributed by atoms with Gasteiger partial charge in [-0.2, -0.15) is 0 Å². The first-order valence-corrected chi connectivity index (χ1v) is 8.46. The Balaban J connectivity index is 2.41. The monoisotopic (exact) mass is 340 g/mol. The molecule has 1 aliphatic carbocycles. The van der Waals surface area contributed by atoms with Crippen molar-refractivity contribution in [3.8, 4) is 5.75 Å². The van der Waals surface area contributed by atoms with Crippen LogP contribution in [-0.4, -0.2) is 30.2 Å². The van der Waals surface area contributed by atoms with Gasteiger partial charge >= 0.3 is 0 Å². The minimum absolute atomic E-state index is 0.164. The van der Waals surface area contributed by atoms with Crippen LogP contribution in [0.25, 0.3) is 0 Å². The summed E-state index contributed by atoms with van der Waals surface area (Å²) in [5, 5.41) is 0.164. The molecular weight excluding hydrogens is 324 g/mol. The summed E-state index contributed by atoms with van der Waals surface area (Å²) in [5.74, 6) is -1.12. The van der Waals surface area contributed by atoms with Crippen LogP contribution in [0.3, 0.4) is 0 Å². The van der Waals surface area contributed by atoms with Gasteiger partial charge < -0.3 is 4.74 Å². The van der Waals surface area contributed by atoms with Crippen molar-refractivity contribution in [2.45, 2.75) is 31.1 Å². The van der Waals surface area contributed by atoms with E-state index in [0.29, 0.717) is 12.2 Å². The molecule has 0 bridgehead atoms. The molecule has 0 unspecified atom stereocenters. The number of rotatable bonds is 5. The molecule has 1 aliphatic rings. The fourth-order valence-electron chi connectivity index (χ4n) is 2.54. The summed E-state index contributed by atoms with van der Waals surface area (Å²) in [6.07, 6.45) is 1.05. The van der Waals surface area contributed by atoms with Crippen LogP contribution in [0.4, 0.5) is 0 Å². The van der Waals surface area contributed by atoms with Gasteiger partial charge in [-0.3, -0.25) is 14.4 Å². The number of methoxy groups -OCH3 is 1. The summed E-state index contributed by atoms with van der Waals surface area (Å²) >= 11 is 7.82. The second-order valence-electron chi connectivity index (χ2n) is 4.97. The van der Waals surface area contributed by atoms with Crippen LogP contribution in [0.1, 0.15) is 36.5 Å². The minimum Gasteiger partial charge on any atom is -0.494 e. The number of Topliss-reactive ketones (excluding diaryl/α,β-unsaturated/α-hetero) is 3. The summed E-state index contributed by atoms with van der Waals surface area (Å²) in [5.41, 5.74) is 0.174. The normalized spacial score (nSPS) is 16.0. The number of thioether (sulfide) groups is 1. The molecule has 0 amide bonds. The SMILES string of the molecule is CCSc1ccc(C(=O)C2C(=O)CCCC2=O)c(Cl)c1OC. The molecule has 1 aromatic rings. The van der Waals surface area contributed by atoms with E-state index in [2.05, 4.69) is 0 Å². The lowest BCUT2D eigenvalue weighted by Gasteiger charge is -2.19. The summed E-state index contributed by atoms with van der Waals surface area (Å²) in [7, 11) is 1.48. The molecule has 2 rings (SSSR count). The van der Waals surface area contributed by atoms with Crippen molar-refractivity contribution < 1.29 is 19.1 Å². The Labute approximate surface area is 138 Å². The first kappa shape index (κ1) is 17.0. The molecule has 0 saturated heterocycles. The van der Waals surface area contributed by atoms with Crippen molar-refractivity contribution in [1.82, 2.24) is 0 Å². The van der Waals surface area contributed by atoms with E-state index in [-0.39, 0.29) is 35.0 Å². The van der Waals surface area contributed by atoms with Gasteiger partial charge in [0.1, 0.15) is 5.92 Å². The third-order valence-corrected chi connectivity index (χ3v) is 4.88. The third kappa shape index (κ3) is 3.20. The molecule has 1 saturated carbocycles. The summed E-state index contributed by atoms with van der Waals surface area (Å²) in [6.45, 7) is 2.00. The lowest BCUT2D eigenvalue weighted by atomic mass is 9.81. The van der Waals surface area contributed by atoms with Crippen molar-refractivity contribution in [3.63, 3.8) is 0 Å². The molecular formula is C16H17ClO4S. The Morgan fingerprint density at radius 1 is 1.32 bits per heavy atom. The molecule has 6 heteroatoms. The zero-order valence-corrected chi connectivity index (χ0v) is 14.1. The summed E-state index contributed by atoms with van der Waals surface area (Å²) in [6, 6.07) is 3.31. The lowest BCUT2D eigenvalue weighted by Crippen LogP contribution is -2.35. The number of ketones is 3. The van der Waals surface area contributed by atoms with Crippen molar-refractivity contribution >= 4 is 40.7 Å². The van der Waals surface area contributed by atoms with E-state index in [1.165, 1.54) is 7.11 Å². The van der Waals surface area contributed by atoms with Gasteiger partial charge in [-0.05, 0) is 24.3 Å². The zero-order valence-electron chi connectivity index (χ0n) is 12.5. The van der Waals surface area contributed by atoms with Crippen LogP contribution in [0.5, 0.6) is 5.75 Å². The van der Waals surface area contributed by atoms with E-state index in [0.717, 1.165) is 10.6 Å². The lowest BCUT2D eigenvalue weighted by molar-refractivity contribution is -0.133. The Morgan fingerprint density at radius 2 is 1.95 bits per heavy atom. The molecule has 0 N–H and O–H groups in total. The van der Waals surface area contributed by atoms with Gasteiger partial charge in [0.25, 0.3) is 0 Å². The van der Waals surface area contributed by atoms with Crippen LogP contribution in [0, 0.1) is 5.92 Å². The molecule has 1 fully saturated rings. The van der Waals surface area contributed by atoms with E-state index in [9.17, 15) is 14.4 Å². The third-order valence-electron chi connectivity index (χ3n) is 3.58. The second kappa shape index (κ2) is 7.29. The van der Waals surface area contributed by atoms with Gasteiger partial charge in [0.2, 0.25) is 0 Å². The van der Waals surface area contributed by atoms with Gasteiger partial charge in [0.15, 0.2) is 23.1 Å². The maximum Gasteiger partial charge on any atom is 0.182 e. The van der Waals surface area contributed by atoms with E-state index in [1.807, 2.05) is 6.92 Å². The Kier molecular flexibility index (Phi) is 5.64. The van der Waals surface area contributed by atoms with Gasteiger partial charge in [0.05, 0.1) is 17.0 Å². The number of hydrogen-bond acceptors (Lipinski definition) is 5. The van der Waals surface area contributed by atoms with E-state index in [1.54, 1.807) is 23.9 Å². The largest absolute Gasteiger partial charge is 0.494 e. The number of hydrogen-bond donors (Lipinski definition) is 0. The molecule has 0 heterocycles. The number of benzene rings is 1. The van der Waals surface area contributed by atoms with Crippen molar-refractivity contribution in [2.75, 3.05) is 12.9 Å². The Morgan fingerprint density at radius 3 is 2.50 bits per heavy atom. The van der Waals surface area contributed by atoms with Gasteiger partial charge in [-0.15, -0.1) is 11.8 Å². The summed E-state index contributed by atoms with van der Waals surface area (Å²) in [4.78, 5) is 37.3. The number of carbonyl (C=O) groups excluding carboxylic acids is 3. The van der Waals surface area contributed by atoms with Gasteiger partial charge in [0, 0.05) is 18.4 Å². The van der Waals surface area contributed by atoms with Crippen LogP contribution < -0.4 is 4.74 Å². The smallest absolute Gasteiger partial charge is 0.182 e. The topological polar surface area (TPSA) is 60.4 Å². The summed E-state index contributed by atoms with van der Waals surface area (Å²) < 4.78 is 5.29. The van der Waals surface area contributed by atoms with Crippen LogP contribution >= 0.6 is 23.4 Å². The molecule has 0 radical (unpaired) electrons. The first-order valence-electron chi connectivity index (χ1n) is 7.10. The number of halogens is 1. The second-order valence-corrected chi connectivity index (χ2v) is 6.66. The van der Waals surface area contributed by atoms with E-state index in [4.69, 9.17) is 16.3 Å². The fraction of sp³-hybridized carbons (Fsp3) is 0.438. The van der Waals surface area contributed by atoms with E-state index >= 15 is 0 Å². The van der Waals surface area contributed by atoms with Gasteiger partial charge in [-0.1, -0.05) is 18.5 Å². The minimum atomic E-state index is -1.21. The Bertz CT molecular complexity index is 611. The molecule has 0 aliphatic heterocycles. The zero-order chi connectivity index (χ0) is 16.3. The molecule has 118 valence electrons. The van der Waals surface area contributed by atoms with Crippen molar-refractivity contribution in [2.24, 2.45) is 5.92 Å². The van der Waals surface area contributed by atoms with Crippen molar-refractivity contribution in [1.29, 1.82) is 0 Å². The molecule has 0 aromatic heterocycles. The van der Waals surface area contributed by atoms with Crippen LogP contribution in [0.15, 0.2) is 17.0 Å². The molecule has 1 aromatic carbocycles. The van der Waals surface area contributed by atoms with Crippen LogP contribution in [0.2, 0.25) is 5.02 Å². The van der Waals surface area contributed by atoms with Crippen LogP contribution in [-0.2, 0) is 9.59 Å². The molecule has 22 heavy (non-hydrogen) atoms. The molecule has 4 nitrogen and oxygen atoms in total. The van der Waals surface area contributed by atoms with E-state index < -0.39 is 11.7 Å². The maximum absolute atomic E-state index is 12.6. The quantitative estimate of drug-likeness (QED) is 0.466.